The second kappa shape index (κ2) is 13.6. The third kappa shape index (κ3) is 7.88. The number of benzene rings is 2. The summed E-state index contributed by atoms with van der Waals surface area (Å²) < 4.78 is 0. The average Bonchev–Trinajstić information content (AvgIpc) is 2.92. The molecule has 0 spiro atoms. The van der Waals surface area contributed by atoms with Crippen LogP contribution in [0.15, 0.2) is 91.3 Å². The second-order valence-electron chi connectivity index (χ2n) is 9.07. The Kier molecular flexibility index (Phi) is 9.63. The monoisotopic (exact) mass is 468 g/mol. The van der Waals surface area contributed by atoms with E-state index in [0.717, 1.165) is 57.7 Å². The minimum Gasteiger partial charge on any atom is -0.353 e. The number of piperazine rings is 1. The van der Waals surface area contributed by atoms with E-state index in [9.17, 15) is 4.79 Å². The van der Waals surface area contributed by atoms with Gasteiger partial charge in [0.25, 0.3) is 0 Å². The van der Waals surface area contributed by atoms with Crippen LogP contribution in [0.1, 0.15) is 42.0 Å². The number of nitrogens with one attached hydrogen (secondary N) is 1. The molecular weight excluding hydrogens is 432 g/mol. The number of nitrogens with zero attached hydrogens (tertiary/aromatic N) is 3. The lowest BCUT2D eigenvalue weighted by Crippen LogP contribution is -2.48. The zero-order valence-electron chi connectivity index (χ0n) is 20.4. The quantitative estimate of drug-likeness (QED) is 0.325. The molecule has 2 aromatic carbocycles. The fraction of sp³-hybridized carbons (Fsp3) is 0.333. The molecular formula is C30H36N4O. The molecule has 1 saturated heterocycles. The Balaban J connectivity index is 1.14. The SMILES string of the molecule is O=C(C=Cc1cccnc1)NCCCCCN1CCN(C(c2ccccc2)c2ccccc2)CC1. The first-order valence-electron chi connectivity index (χ1n) is 12.7. The van der Waals surface area contributed by atoms with Crippen LogP contribution in [0.4, 0.5) is 0 Å². The maximum absolute atomic E-state index is 12.0. The van der Waals surface area contributed by atoms with Crippen LogP contribution in [0, 0.1) is 0 Å². The van der Waals surface area contributed by atoms with Gasteiger partial charge in [0.05, 0.1) is 6.04 Å². The first-order valence-corrected chi connectivity index (χ1v) is 12.7. The van der Waals surface area contributed by atoms with Gasteiger partial charge in [-0.05, 0) is 48.2 Å². The van der Waals surface area contributed by atoms with E-state index in [0.29, 0.717) is 6.04 Å². The molecule has 1 aromatic heterocycles. The summed E-state index contributed by atoms with van der Waals surface area (Å²) in [6.45, 7) is 6.21. The van der Waals surface area contributed by atoms with Gasteiger partial charge in [-0.2, -0.15) is 0 Å². The molecule has 0 radical (unpaired) electrons. The van der Waals surface area contributed by atoms with Crippen LogP contribution in [0.2, 0.25) is 0 Å². The molecule has 0 unspecified atom stereocenters. The predicted molar refractivity (Wildman–Crippen MR) is 143 cm³/mol. The van der Waals surface area contributed by atoms with E-state index in [2.05, 4.69) is 80.8 Å². The van der Waals surface area contributed by atoms with Gasteiger partial charge in [-0.25, -0.2) is 0 Å². The first-order chi connectivity index (χ1) is 17.3. The van der Waals surface area contributed by atoms with Crippen LogP contribution in [0.25, 0.3) is 6.08 Å². The summed E-state index contributed by atoms with van der Waals surface area (Å²) in [5.74, 6) is -0.0450. The molecule has 35 heavy (non-hydrogen) atoms. The molecule has 0 atom stereocenters. The molecule has 1 aliphatic rings. The molecule has 182 valence electrons. The van der Waals surface area contributed by atoms with Crippen molar-refractivity contribution >= 4 is 12.0 Å². The highest BCUT2D eigenvalue weighted by atomic mass is 16.1. The van der Waals surface area contributed by atoms with Gasteiger partial charge < -0.3 is 10.2 Å². The lowest BCUT2D eigenvalue weighted by Gasteiger charge is -2.39. The average molecular weight is 469 g/mol. The molecule has 1 aliphatic heterocycles. The Morgan fingerprint density at radius 3 is 2.17 bits per heavy atom. The molecule has 0 saturated carbocycles. The van der Waals surface area contributed by atoms with Crippen LogP contribution < -0.4 is 5.32 Å². The molecule has 2 heterocycles. The number of aromatic nitrogens is 1. The number of carbonyl (C=O) groups is 1. The Labute approximate surface area is 209 Å². The Bertz CT molecular complexity index is 992. The molecule has 3 aromatic rings. The van der Waals surface area contributed by atoms with Gasteiger partial charge in [0.2, 0.25) is 5.91 Å². The molecule has 1 amide bonds. The molecule has 0 aliphatic carbocycles. The van der Waals surface area contributed by atoms with Crippen molar-refractivity contribution in [3.05, 3.63) is 108 Å². The van der Waals surface area contributed by atoms with Gasteiger partial charge in [-0.15, -0.1) is 0 Å². The summed E-state index contributed by atoms with van der Waals surface area (Å²) in [6, 6.07) is 25.8. The lowest BCUT2D eigenvalue weighted by atomic mass is 9.96. The van der Waals surface area contributed by atoms with E-state index in [1.807, 2.05) is 12.1 Å². The summed E-state index contributed by atoms with van der Waals surface area (Å²) in [5, 5.41) is 2.97. The number of hydrogen-bond acceptors (Lipinski definition) is 4. The standard InChI is InChI=1S/C30H36N4O/c35-29(17-16-26-11-10-18-31-25-26)32-19-8-3-9-20-33-21-23-34(24-22-33)30(27-12-4-1-5-13-27)28-14-6-2-7-15-28/h1-2,4-7,10-18,25,30H,3,8-9,19-24H2,(H,32,35). The topological polar surface area (TPSA) is 48.5 Å². The van der Waals surface area contributed by atoms with Crippen molar-refractivity contribution in [2.45, 2.75) is 25.3 Å². The van der Waals surface area contributed by atoms with Gasteiger partial charge in [0.1, 0.15) is 0 Å². The van der Waals surface area contributed by atoms with Crippen molar-refractivity contribution in [2.75, 3.05) is 39.3 Å². The third-order valence-electron chi connectivity index (χ3n) is 6.56. The fourth-order valence-electron chi connectivity index (χ4n) is 4.68. The van der Waals surface area contributed by atoms with Gasteiger partial charge in [-0.1, -0.05) is 73.2 Å². The van der Waals surface area contributed by atoms with Gasteiger partial charge >= 0.3 is 0 Å². The normalized spacial score (nSPS) is 15.0. The van der Waals surface area contributed by atoms with Crippen LogP contribution in [0.5, 0.6) is 0 Å². The Morgan fingerprint density at radius 1 is 0.857 bits per heavy atom. The third-order valence-corrected chi connectivity index (χ3v) is 6.56. The van der Waals surface area contributed by atoms with E-state index in [1.165, 1.54) is 17.5 Å². The largest absolute Gasteiger partial charge is 0.353 e. The van der Waals surface area contributed by atoms with Crippen molar-refractivity contribution in [1.29, 1.82) is 0 Å². The van der Waals surface area contributed by atoms with Crippen LogP contribution >= 0.6 is 0 Å². The second-order valence-corrected chi connectivity index (χ2v) is 9.07. The van der Waals surface area contributed by atoms with Crippen molar-refractivity contribution in [2.24, 2.45) is 0 Å². The Morgan fingerprint density at radius 2 is 1.54 bits per heavy atom. The number of pyridine rings is 1. The van der Waals surface area contributed by atoms with Gasteiger partial charge in [0, 0.05) is 51.2 Å². The molecule has 5 nitrogen and oxygen atoms in total. The summed E-state index contributed by atoms with van der Waals surface area (Å²) >= 11 is 0. The van der Waals surface area contributed by atoms with Gasteiger partial charge in [0.15, 0.2) is 0 Å². The maximum atomic E-state index is 12.0. The van der Waals surface area contributed by atoms with E-state index in [4.69, 9.17) is 0 Å². The highest BCUT2D eigenvalue weighted by Crippen LogP contribution is 2.29. The van der Waals surface area contributed by atoms with Gasteiger partial charge in [-0.3, -0.25) is 14.7 Å². The van der Waals surface area contributed by atoms with Crippen LogP contribution in [-0.4, -0.2) is 60.0 Å². The van der Waals surface area contributed by atoms with Crippen molar-refractivity contribution in [3.63, 3.8) is 0 Å². The summed E-state index contributed by atoms with van der Waals surface area (Å²) in [6.07, 6.45) is 10.1. The maximum Gasteiger partial charge on any atom is 0.243 e. The molecule has 4 rings (SSSR count). The number of rotatable bonds is 11. The molecule has 1 N–H and O–H groups in total. The number of carbonyl (C=O) groups excluding carboxylic acids is 1. The predicted octanol–water partition coefficient (Wildman–Crippen LogP) is 4.79. The smallest absolute Gasteiger partial charge is 0.243 e. The first kappa shape index (κ1) is 24.8. The summed E-state index contributed by atoms with van der Waals surface area (Å²) in [5.41, 5.74) is 3.66. The lowest BCUT2D eigenvalue weighted by molar-refractivity contribution is -0.116. The molecule has 5 heteroatoms. The van der Waals surface area contributed by atoms with Crippen molar-refractivity contribution in [1.82, 2.24) is 20.1 Å². The Hall–Kier alpha value is -3.28. The number of amides is 1. The van der Waals surface area contributed by atoms with E-state index in [1.54, 1.807) is 24.5 Å². The van der Waals surface area contributed by atoms with E-state index >= 15 is 0 Å². The van der Waals surface area contributed by atoms with Crippen molar-refractivity contribution < 1.29 is 4.79 Å². The van der Waals surface area contributed by atoms with Crippen molar-refractivity contribution in [3.8, 4) is 0 Å². The minimum absolute atomic E-state index is 0.0450. The number of hydrogen-bond donors (Lipinski definition) is 1. The van der Waals surface area contributed by atoms with E-state index < -0.39 is 0 Å². The number of unbranched alkanes of at least 4 members (excludes halogenated alkanes) is 2. The minimum atomic E-state index is -0.0450. The zero-order valence-corrected chi connectivity index (χ0v) is 20.4. The van der Waals surface area contributed by atoms with Crippen LogP contribution in [-0.2, 0) is 4.79 Å². The highest BCUT2D eigenvalue weighted by Gasteiger charge is 2.25. The molecule has 1 fully saturated rings. The zero-order chi connectivity index (χ0) is 24.1. The fourth-order valence-corrected chi connectivity index (χ4v) is 4.68. The highest BCUT2D eigenvalue weighted by molar-refractivity contribution is 5.91. The summed E-state index contributed by atoms with van der Waals surface area (Å²) in [4.78, 5) is 21.2. The van der Waals surface area contributed by atoms with E-state index in [-0.39, 0.29) is 5.91 Å². The summed E-state index contributed by atoms with van der Waals surface area (Å²) in [7, 11) is 0. The molecule has 0 bridgehead atoms. The van der Waals surface area contributed by atoms with Crippen LogP contribution in [0.3, 0.4) is 0 Å².